The number of rotatable bonds is 5. The van der Waals surface area contributed by atoms with Crippen LogP contribution in [0, 0.1) is 0 Å². The topological polar surface area (TPSA) is 63.9 Å². The zero-order chi connectivity index (χ0) is 17.2. The van der Waals surface area contributed by atoms with Gasteiger partial charge in [0.2, 0.25) is 5.82 Å². The summed E-state index contributed by atoms with van der Waals surface area (Å²) in [5.41, 5.74) is 1.77. The summed E-state index contributed by atoms with van der Waals surface area (Å²) in [6.45, 7) is 0.429. The van der Waals surface area contributed by atoms with E-state index in [-0.39, 0.29) is 11.7 Å². The van der Waals surface area contributed by atoms with Gasteiger partial charge in [0.25, 0.3) is 5.91 Å². The summed E-state index contributed by atoms with van der Waals surface area (Å²) < 4.78 is 1.81. The Morgan fingerprint density at radius 2 is 1.92 bits per heavy atom. The van der Waals surface area contributed by atoms with E-state index in [1.807, 2.05) is 48.5 Å². The van der Waals surface area contributed by atoms with Crippen LogP contribution >= 0.6 is 0 Å². The SMILES string of the molecule is CN(Cc1ccccn1)C(=O)c1nc(C2CC2)n(-c2ccccc2)n1. The highest BCUT2D eigenvalue weighted by atomic mass is 16.2. The molecule has 25 heavy (non-hydrogen) atoms. The first-order valence-electron chi connectivity index (χ1n) is 8.40. The Balaban J connectivity index is 1.61. The zero-order valence-electron chi connectivity index (χ0n) is 14.0. The highest BCUT2D eigenvalue weighted by molar-refractivity contribution is 5.90. The molecule has 2 heterocycles. The van der Waals surface area contributed by atoms with Gasteiger partial charge in [-0.3, -0.25) is 9.78 Å². The number of hydrogen-bond donors (Lipinski definition) is 0. The van der Waals surface area contributed by atoms with Crippen molar-refractivity contribution in [1.29, 1.82) is 0 Å². The van der Waals surface area contributed by atoms with Gasteiger partial charge in [0.15, 0.2) is 0 Å². The maximum atomic E-state index is 12.7. The fourth-order valence-corrected chi connectivity index (χ4v) is 2.76. The summed E-state index contributed by atoms with van der Waals surface area (Å²) in [6.07, 6.45) is 3.92. The maximum absolute atomic E-state index is 12.7. The number of nitrogens with zero attached hydrogens (tertiary/aromatic N) is 5. The number of benzene rings is 1. The molecule has 6 nitrogen and oxygen atoms in total. The Hall–Kier alpha value is -3.02. The van der Waals surface area contributed by atoms with Crippen molar-refractivity contribution in [3.05, 3.63) is 72.1 Å². The van der Waals surface area contributed by atoms with Crippen molar-refractivity contribution in [2.24, 2.45) is 0 Å². The van der Waals surface area contributed by atoms with Crippen molar-refractivity contribution in [2.45, 2.75) is 25.3 Å². The second kappa shape index (κ2) is 6.47. The standard InChI is InChI=1S/C19H19N5O/c1-23(13-15-7-5-6-12-20-15)19(25)17-21-18(14-10-11-14)24(22-17)16-8-3-2-4-9-16/h2-9,12,14H,10-11,13H2,1H3. The van der Waals surface area contributed by atoms with Crippen LogP contribution in [0.15, 0.2) is 54.7 Å². The number of hydrogen-bond acceptors (Lipinski definition) is 4. The van der Waals surface area contributed by atoms with E-state index in [1.165, 1.54) is 0 Å². The van der Waals surface area contributed by atoms with Crippen LogP contribution in [0.25, 0.3) is 5.69 Å². The lowest BCUT2D eigenvalue weighted by atomic mass is 10.3. The molecular formula is C19H19N5O. The molecule has 0 spiro atoms. The first-order chi connectivity index (χ1) is 12.2. The van der Waals surface area contributed by atoms with Gasteiger partial charge in [-0.25, -0.2) is 9.67 Å². The van der Waals surface area contributed by atoms with E-state index in [0.29, 0.717) is 12.5 Å². The van der Waals surface area contributed by atoms with Gasteiger partial charge in [0.05, 0.1) is 17.9 Å². The highest BCUT2D eigenvalue weighted by Gasteiger charge is 2.32. The monoisotopic (exact) mass is 333 g/mol. The Morgan fingerprint density at radius 1 is 1.16 bits per heavy atom. The summed E-state index contributed by atoms with van der Waals surface area (Å²) in [5.74, 6) is 1.32. The largest absolute Gasteiger partial charge is 0.333 e. The average Bonchev–Trinajstić information content (AvgIpc) is 3.41. The summed E-state index contributed by atoms with van der Waals surface area (Å²) in [4.78, 5) is 23.2. The Kier molecular flexibility index (Phi) is 4.01. The van der Waals surface area contributed by atoms with E-state index in [2.05, 4.69) is 15.1 Å². The fraction of sp³-hybridized carbons (Fsp3) is 0.263. The molecular weight excluding hydrogens is 314 g/mol. The molecule has 0 radical (unpaired) electrons. The van der Waals surface area contributed by atoms with Crippen molar-refractivity contribution in [1.82, 2.24) is 24.6 Å². The minimum atomic E-state index is -0.192. The molecule has 1 aromatic carbocycles. The van der Waals surface area contributed by atoms with Crippen molar-refractivity contribution in [3.8, 4) is 5.69 Å². The van der Waals surface area contributed by atoms with Crippen LogP contribution in [0.2, 0.25) is 0 Å². The Bertz CT molecular complexity index is 871. The number of pyridine rings is 1. The third-order valence-electron chi connectivity index (χ3n) is 4.24. The molecule has 126 valence electrons. The molecule has 6 heteroatoms. The van der Waals surface area contributed by atoms with Gasteiger partial charge in [0.1, 0.15) is 5.82 Å². The van der Waals surface area contributed by atoms with Gasteiger partial charge in [-0.2, -0.15) is 0 Å². The number of amides is 1. The molecule has 3 aromatic rings. The van der Waals surface area contributed by atoms with E-state index < -0.39 is 0 Å². The van der Waals surface area contributed by atoms with Gasteiger partial charge in [0, 0.05) is 19.2 Å². The summed E-state index contributed by atoms with van der Waals surface area (Å²) in [6, 6.07) is 15.5. The van der Waals surface area contributed by atoms with Crippen LogP contribution in [-0.2, 0) is 6.54 Å². The predicted molar refractivity (Wildman–Crippen MR) is 93.4 cm³/mol. The summed E-state index contributed by atoms with van der Waals surface area (Å²) in [7, 11) is 1.75. The van der Waals surface area contributed by atoms with E-state index in [9.17, 15) is 4.79 Å². The van der Waals surface area contributed by atoms with Crippen LogP contribution in [0.4, 0.5) is 0 Å². The average molecular weight is 333 g/mol. The highest BCUT2D eigenvalue weighted by Crippen LogP contribution is 2.39. The van der Waals surface area contributed by atoms with Crippen LogP contribution in [0.3, 0.4) is 0 Å². The first-order valence-corrected chi connectivity index (χ1v) is 8.40. The Labute approximate surface area is 146 Å². The van der Waals surface area contributed by atoms with Crippen LogP contribution in [0.1, 0.15) is 40.9 Å². The minimum Gasteiger partial charge on any atom is -0.333 e. The maximum Gasteiger partial charge on any atom is 0.293 e. The molecule has 1 aliphatic carbocycles. The Morgan fingerprint density at radius 3 is 2.60 bits per heavy atom. The van der Waals surface area contributed by atoms with Crippen LogP contribution in [0.5, 0.6) is 0 Å². The summed E-state index contributed by atoms with van der Waals surface area (Å²) in [5, 5.41) is 4.50. The normalized spacial score (nSPS) is 13.6. The molecule has 1 amide bonds. The number of carbonyl (C=O) groups is 1. The number of aromatic nitrogens is 4. The molecule has 4 rings (SSSR count). The molecule has 1 fully saturated rings. The third kappa shape index (κ3) is 3.28. The van der Waals surface area contributed by atoms with Gasteiger partial charge >= 0.3 is 0 Å². The lowest BCUT2D eigenvalue weighted by Gasteiger charge is -2.14. The molecule has 0 bridgehead atoms. The van der Waals surface area contributed by atoms with Gasteiger partial charge in [-0.15, -0.1) is 5.10 Å². The van der Waals surface area contributed by atoms with E-state index in [4.69, 9.17) is 0 Å². The molecule has 0 N–H and O–H groups in total. The zero-order valence-corrected chi connectivity index (χ0v) is 14.0. The second-order valence-electron chi connectivity index (χ2n) is 6.30. The smallest absolute Gasteiger partial charge is 0.293 e. The predicted octanol–water partition coefficient (Wildman–Crippen LogP) is 2.81. The molecule has 0 saturated heterocycles. The van der Waals surface area contributed by atoms with Crippen molar-refractivity contribution in [3.63, 3.8) is 0 Å². The molecule has 0 atom stereocenters. The van der Waals surface area contributed by atoms with E-state index in [0.717, 1.165) is 30.0 Å². The van der Waals surface area contributed by atoms with Crippen LogP contribution < -0.4 is 0 Å². The van der Waals surface area contributed by atoms with E-state index >= 15 is 0 Å². The lowest BCUT2D eigenvalue weighted by molar-refractivity contribution is 0.0771. The number of para-hydroxylation sites is 1. The minimum absolute atomic E-state index is 0.192. The third-order valence-corrected chi connectivity index (χ3v) is 4.24. The molecule has 1 aliphatic rings. The van der Waals surface area contributed by atoms with Crippen LogP contribution in [-0.4, -0.2) is 37.6 Å². The second-order valence-corrected chi connectivity index (χ2v) is 6.30. The van der Waals surface area contributed by atoms with Gasteiger partial charge in [-0.1, -0.05) is 24.3 Å². The lowest BCUT2D eigenvalue weighted by Crippen LogP contribution is -2.27. The van der Waals surface area contributed by atoms with Gasteiger partial charge in [-0.05, 0) is 37.1 Å². The van der Waals surface area contributed by atoms with Crippen molar-refractivity contribution >= 4 is 5.91 Å². The quantitative estimate of drug-likeness (QED) is 0.720. The molecule has 2 aromatic heterocycles. The summed E-state index contributed by atoms with van der Waals surface area (Å²) >= 11 is 0. The van der Waals surface area contributed by atoms with Crippen molar-refractivity contribution in [2.75, 3.05) is 7.05 Å². The molecule has 1 saturated carbocycles. The van der Waals surface area contributed by atoms with Gasteiger partial charge < -0.3 is 4.90 Å². The molecule has 0 unspecified atom stereocenters. The van der Waals surface area contributed by atoms with Crippen molar-refractivity contribution < 1.29 is 4.79 Å². The van der Waals surface area contributed by atoms with E-state index in [1.54, 1.807) is 22.8 Å². The number of carbonyl (C=O) groups excluding carboxylic acids is 1. The fourth-order valence-electron chi connectivity index (χ4n) is 2.76. The molecule has 0 aliphatic heterocycles. The first kappa shape index (κ1) is 15.5.